The van der Waals surface area contributed by atoms with Crippen LogP contribution in [-0.4, -0.2) is 25.0 Å². The predicted molar refractivity (Wildman–Crippen MR) is 105 cm³/mol. The van der Waals surface area contributed by atoms with E-state index in [1.165, 1.54) is 12.3 Å². The molecular formula is C20H17N3O3S. The summed E-state index contributed by atoms with van der Waals surface area (Å²) < 4.78 is 34.2. The van der Waals surface area contributed by atoms with Crippen LogP contribution in [0.2, 0.25) is 0 Å². The molecule has 0 amide bonds. The number of nitrogens with one attached hydrogen (secondary N) is 1. The van der Waals surface area contributed by atoms with Gasteiger partial charge < -0.3 is 4.74 Å². The number of sulfonamides is 1. The van der Waals surface area contributed by atoms with Crippen molar-refractivity contribution >= 4 is 37.5 Å². The van der Waals surface area contributed by atoms with Crippen LogP contribution in [0.5, 0.6) is 5.75 Å². The van der Waals surface area contributed by atoms with Crippen molar-refractivity contribution in [2.45, 2.75) is 11.8 Å². The molecule has 0 atom stereocenters. The fourth-order valence-electron chi connectivity index (χ4n) is 2.96. The third-order valence-electron chi connectivity index (χ3n) is 4.12. The molecule has 2 aromatic carbocycles. The summed E-state index contributed by atoms with van der Waals surface area (Å²) >= 11 is 0. The fraction of sp³-hybridized carbons (Fsp3) is 0.100. The van der Waals surface area contributed by atoms with Gasteiger partial charge in [0.1, 0.15) is 11.3 Å². The van der Waals surface area contributed by atoms with Gasteiger partial charge in [0.25, 0.3) is 10.0 Å². The van der Waals surface area contributed by atoms with E-state index in [1.54, 1.807) is 30.5 Å². The van der Waals surface area contributed by atoms with Crippen LogP contribution >= 0.6 is 0 Å². The molecule has 0 spiro atoms. The molecule has 136 valence electrons. The number of hydrogen-bond acceptors (Lipinski definition) is 5. The highest BCUT2D eigenvalue weighted by Gasteiger charge is 2.20. The second-order valence-corrected chi connectivity index (χ2v) is 7.57. The molecule has 0 radical (unpaired) electrons. The molecule has 2 heterocycles. The number of ether oxygens (including phenoxy) is 1. The molecule has 0 aliphatic carbocycles. The monoisotopic (exact) mass is 379 g/mol. The summed E-state index contributed by atoms with van der Waals surface area (Å²) in [5.74, 6) is 0.555. The fourth-order valence-corrected chi connectivity index (χ4v) is 4.20. The van der Waals surface area contributed by atoms with Gasteiger partial charge in [-0.1, -0.05) is 18.2 Å². The average Bonchev–Trinajstić information content (AvgIpc) is 2.68. The van der Waals surface area contributed by atoms with Gasteiger partial charge in [-0.3, -0.25) is 14.7 Å². The first-order valence-corrected chi connectivity index (χ1v) is 9.95. The normalized spacial score (nSPS) is 11.6. The second-order valence-electron chi connectivity index (χ2n) is 5.92. The summed E-state index contributed by atoms with van der Waals surface area (Å²) in [4.78, 5) is 8.73. The third-order valence-corrected chi connectivity index (χ3v) is 5.56. The molecule has 1 N–H and O–H groups in total. The minimum absolute atomic E-state index is 0.141. The average molecular weight is 379 g/mol. The first-order valence-electron chi connectivity index (χ1n) is 8.46. The van der Waals surface area contributed by atoms with Crippen LogP contribution in [0.4, 0.5) is 5.69 Å². The van der Waals surface area contributed by atoms with Crippen molar-refractivity contribution in [2.75, 3.05) is 11.3 Å². The SMILES string of the molecule is CCOc1ccc(S(=O)(=O)Nc2cnc3ccccc3c2)c2cccnc12. The Morgan fingerprint density at radius 3 is 2.74 bits per heavy atom. The molecule has 0 fully saturated rings. The highest BCUT2D eigenvalue weighted by Crippen LogP contribution is 2.30. The van der Waals surface area contributed by atoms with Crippen LogP contribution in [0.1, 0.15) is 6.92 Å². The van der Waals surface area contributed by atoms with Gasteiger partial charge in [-0.2, -0.15) is 0 Å². The third kappa shape index (κ3) is 3.29. The number of para-hydroxylation sites is 1. The minimum atomic E-state index is -3.83. The Morgan fingerprint density at radius 2 is 1.89 bits per heavy atom. The van der Waals surface area contributed by atoms with E-state index in [9.17, 15) is 8.42 Å². The zero-order chi connectivity index (χ0) is 18.9. The minimum Gasteiger partial charge on any atom is -0.492 e. The predicted octanol–water partition coefficient (Wildman–Crippen LogP) is 3.98. The first kappa shape index (κ1) is 17.2. The van der Waals surface area contributed by atoms with E-state index in [0.717, 1.165) is 10.9 Å². The van der Waals surface area contributed by atoms with E-state index < -0.39 is 10.0 Å². The molecular weight excluding hydrogens is 362 g/mol. The molecule has 4 aromatic rings. The standard InChI is InChI=1S/C20H17N3O3S/c1-2-26-18-9-10-19(16-7-5-11-21-20(16)18)27(24,25)23-15-12-14-6-3-4-8-17(14)22-13-15/h3-13,23H,2H2,1H3. The molecule has 0 unspecified atom stereocenters. The highest BCUT2D eigenvalue weighted by molar-refractivity contribution is 7.93. The van der Waals surface area contributed by atoms with E-state index in [2.05, 4.69) is 14.7 Å². The lowest BCUT2D eigenvalue weighted by atomic mass is 10.2. The van der Waals surface area contributed by atoms with Crippen LogP contribution in [0.3, 0.4) is 0 Å². The first-order chi connectivity index (χ1) is 13.1. The lowest BCUT2D eigenvalue weighted by Gasteiger charge is -2.13. The Kier molecular flexibility index (Phi) is 4.37. The van der Waals surface area contributed by atoms with Gasteiger partial charge in [-0.05, 0) is 43.3 Å². The van der Waals surface area contributed by atoms with Crippen molar-refractivity contribution in [3.05, 3.63) is 67.0 Å². The maximum atomic E-state index is 13.0. The zero-order valence-corrected chi connectivity index (χ0v) is 15.4. The van der Waals surface area contributed by atoms with Gasteiger partial charge in [0.2, 0.25) is 0 Å². The topological polar surface area (TPSA) is 81.2 Å². The number of anilines is 1. The lowest BCUT2D eigenvalue weighted by Crippen LogP contribution is -2.14. The Morgan fingerprint density at radius 1 is 1.04 bits per heavy atom. The Bertz CT molecular complexity index is 1240. The van der Waals surface area contributed by atoms with Gasteiger partial charge in [0, 0.05) is 17.0 Å². The number of nitrogens with zero attached hydrogens (tertiary/aromatic N) is 2. The van der Waals surface area contributed by atoms with Crippen molar-refractivity contribution in [3.63, 3.8) is 0 Å². The van der Waals surface area contributed by atoms with Crippen molar-refractivity contribution in [1.29, 1.82) is 0 Å². The molecule has 0 bridgehead atoms. The molecule has 0 saturated carbocycles. The molecule has 6 nitrogen and oxygen atoms in total. The van der Waals surface area contributed by atoms with Gasteiger partial charge in [-0.25, -0.2) is 8.42 Å². The smallest absolute Gasteiger partial charge is 0.262 e. The molecule has 27 heavy (non-hydrogen) atoms. The number of fused-ring (bicyclic) bond motifs is 2. The summed E-state index contributed by atoms with van der Waals surface area (Å²) in [5, 5.41) is 1.36. The number of hydrogen-bond donors (Lipinski definition) is 1. The van der Waals surface area contributed by atoms with Crippen LogP contribution < -0.4 is 9.46 Å². The second kappa shape index (κ2) is 6.85. The maximum Gasteiger partial charge on any atom is 0.262 e. The van der Waals surface area contributed by atoms with Crippen molar-refractivity contribution in [3.8, 4) is 5.75 Å². The molecule has 0 aliphatic rings. The van der Waals surface area contributed by atoms with Gasteiger partial charge in [0.15, 0.2) is 0 Å². The van der Waals surface area contributed by atoms with E-state index in [1.807, 2.05) is 31.2 Å². The van der Waals surface area contributed by atoms with Gasteiger partial charge in [0.05, 0.1) is 28.9 Å². The number of rotatable bonds is 5. The Hall–Kier alpha value is -3.19. The van der Waals surface area contributed by atoms with Crippen molar-refractivity contribution in [2.24, 2.45) is 0 Å². The Balaban J connectivity index is 1.78. The van der Waals surface area contributed by atoms with E-state index in [-0.39, 0.29) is 4.90 Å². The molecule has 0 aliphatic heterocycles. The van der Waals surface area contributed by atoms with Crippen LogP contribution in [0.15, 0.2) is 71.9 Å². The number of benzene rings is 2. The van der Waals surface area contributed by atoms with Gasteiger partial charge >= 0.3 is 0 Å². The van der Waals surface area contributed by atoms with Crippen molar-refractivity contribution < 1.29 is 13.2 Å². The lowest BCUT2D eigenvalue weighted by molar-refractivity contribution is 0.343. The van der Waals surface area contributed by atoms with Crippen LogP contribution in [0, 0.1) is 0 Å². The van der Waals surface area contributed by atoms with Crippen LogP contribution in [-0.2, 0) is 10.0 Å². The molecule has 2 aromatic heterocycles. The van der Waals surface area contributed by atoms with Crippen LogP contribution in [0.25, 0.3) is 21.8 Å². The van der Waals surface area contributed by atoms with E-state index >= 15 is 0 Å². The molecule has 4 rings (SSSR count). The van der Waals surface area contributed by atoms with E-state index in [4.69, 9.17) is 4.74 Å². The zero-order valence-electron chi connectivity index (χ0n) is 14.6. The highest BCUT2D eigenvalue weighted by atomic mass is 32.2. The van der Waals surface area contributed by atoms with Crippen molar-refractivity contribution in [1.82, 2.24) is 9.97 Å². The van der Waals surface area contributed by atoms with E-state index in [0.29, 0.717) is 28.9 Å². The van der Waals surface area contributed by atoms with Gasteiger partial charge in [-0.15, -0.1) is 0 Å². The summed E-state index contributed by atoms with van der Waals surface area (Å²) in [6, 6.07) is 15.9. The quantitative estimate of drug-likeness (QED) is 0.567. The Labute approximate surface area is 156 Å². The summed E-state index contributed by atoms with van der Waals surface area (Å²) in [7, 11) is -3.83. The summed E-state index contributed by atoms with van der Waals surface area (Å²) in [6.45, 7) is 2.34. The maximum absolute atomic E-state index is 13.0. The molecule has 7 heteroatoms. The number of aromatic nitrogens is 2. The summed E-state index contributed by atoms with van der Waals surface area (Å²) in [5.41, 5.74) is 1.72. The largest absolute Gasteiger partial charge is 0.492 e. The summed E-state index contributed by atoms with van der Waals surface area (Å²) in [6.07, 6.45) is 3.12. The number of pyridine rings is 2. The molecule has 0 saturated heterocycles.